The second kappa shape index (κ2) is 6.67. The number of anilines is 4. The number of aromatic nitrogens is 3. The summed E-state index contributed by atoms with van der Waals surface area (Å²) in [5, 5.41) is 14.5. The van der Waals surface area contributed by atoms with Crippen molar-refractivity contribution >= 4 is 23.1 Å². The lowest BCUT2D eigenvalue weighted by Crippen LogP contribution is -2.03. The molecule has 2 aromatic carbocycles. The molecule has 3 rings (SSSR count). The number of hydrogen-bond donors (Lipinski definition) is 2. The van der Waals surface area contributed by atoms with E-state index in [9.17, 15) is 0 Å². The number of nitrogens with one attached hydrogen (secondary N) is 2. The average Bonchev–Trinajstić information content (AvgIpc) is 2.57. The van der Waals surface area contributed by atoms with Crippen LogP contribution in [0, 0.1) is 0 Å². The summed E-state index contributed by atoms with van der Waals surface area (Å²) in [6, 6.07) is 18.0. The summed E-state index contributed by atoms with van der Waals surface area (Å²) in [6.45, 7) is 2.12. The molecule has 0 amide bonds. The minimum atomic E-state index is 0.474. The summed E-state index contributed by atoms with van der Waals surface area (Å²) in [5.41, 5.74) is 3.18. The second-order valence-corrected chi connectivity index (χ2v) is 4.79. The molecule has 5 nitrogen and oxygen atoms in total. The second-order valence-electron chi connectivity index (χ2n) is 4.79. The van der Waals surface area contributed by atoms with Gasteiger partial charge in [0.2, 0.25) is 5.95 Å². The third-order valence-corrected chi connectivity index (χ3v) is 3.25. The van der Waals surface area contributed by atoms with Gasteiger partial charge in [0.25, 0.3) is 0 Å². The number of para-hydroxylation sites is 2. The standard InChI is InChI=1S/C17H17N5/c1-2-13-8-6-7-11-15(13)20-17-21-16(12-18-22-17)19-14-9-4-3-5-10-14/h3-12H,2H2,1H3,(H2,19,20,21,22). The van der Waals surface area contributed by atoms with Gasteiger partial charge in [0.1, 0.15) is 0 Å². The van der Waals surface area contributed by atoms with Crippen LogP contribution in [0.4, 0.5) is 23.1 Å². The first-order valence-corrected chi connectivity index (χ1v) is 7.22. The van der Waals surface area contributed by atoms with Crippen LogP contribution in [0.15, 0.2) is 60.8 Å². The van der Waals surface area contributed by atoms with Gasteiger partial charge in [0.05, 0.1) is 6.20 Å². The van der Waals surface area contributed by atoms with Crippen LogP contribution in [0.25, 0.3) is 0 Å². The molecule has 22 heavy (non-hydrogen) atoms. The van der Waals surface area contributed by atoms with Crippen molar-refractivity contribution in [3.8, 4) is 0 Å². The number of nitrogens with zero attached hydrogens (tertiary/aromatic N) is 3. The van der Waals surface area contributed by atoms with Gasteiger partial charge in [-0.1, -0.05) is 43.3 Å². The van der Waals surface area contributed by atoms with E-state index >= 15 is 0 Å². The van der Waals surface area contributed by atoms with E-state index in [4.69, 9.17) is 0 Å². The van der Waals surface area contributed by atoms with Crippen LogP contribution >= 0.6 is 0 Å². The number of hydrogen-bond acceptors (Lipinski definition) is 5. The molecule has 1 aromatic heterocycles. The zero-order valence-corrected chi connectivity index (χ0v) is 12.3. The van der Waals surface area contributed by atoms with E-state index < -0.39 is 0 Å². The molecule has 0 bridgehead atoms. The van der Waals surface area contributed by atoms with Gasteiger partial charge < -0.3 is 10.6 Å². The fourth-order valence-corrected chi connectivity index (χ4v) is 2.16. The molecule has 0 aliphatic carbocycles. The normalized spacial score (nSPS) is 10.2. The summed E-state index contributed by atoms with van der Waals surface area (Å²) in [4.78, 5) is 4.44. The van der Waals surface area contributed by atoms with Gasteiger partial charge in [0, 0.05) is 11.4 Å². The third kappa shape index (κ3) is 3.38. The highest BCUT2D eigenvalue weighted by Gasteiger charge is 2.04. The minimum absolute atomic E-state index is 0.474. The SMILES string of the molecule is CCc1ccccc1Nc1nncc(Nc2ccccc2)n1. The third-order valence-electron chi connectivity index (χ3n) is 3.25. The van der Waals surface area contributed by atoms with Crippen molar-refractivity contribution in [3.63, 3.8) is 0 Å². The first-order valence-electron chi connectivity index (χ1n) is 7.22. The highest BCUT2D eigenvalue weighted by atomic mass is 15.3. The van der Waals surface area contributed by atoms with Crippen LogP contribution in [0.3, 0.4) is 0 Å². The Hall–Kier alpha value is -2.95. The van der Waals surface area contributed by atoms with Gasteiger partial charge in [-0.15, -0.1) is 5.10 Å². The molecule has 0 aliphatic heterocycles. The van der Waals surface area contributed by atoms with Crippen LogP contribution < -0.4 is 10.6 Å². The lowest BCUT2D eigenvalue weighted by atomic mass is 10.1. The van der Waals surface area contributed by atoms with E-state index in [0.29, 0.717) is 11.8 Å². The van der Waals surface area contributed by atoms with Gasteiger partial charge in [-0.2, -0.15) is 10.1 Å². The predicted octanol–water partition coefficient (Wildman–Crippen LogP) is 3.92. The highest BCUT2D eigenvalue weighted by Crippen LogP contribution is 2.20. The zero-order valence-electron chi connectivity index (χ0n) is 12.3. The van der Waals surface area contributed by atoms with E-state index in [1.165, 1.54) is 5.56 Å². The Balaban J connectivity index is 1.79. The van der Waals surface area contributed by atoms with Crippen molar-refractivity contribution in [1.29, 1.82) is 0 Å². The molecule has 110 valence electrons. The van der Waals surface area contributed by atoms with Crippen LogP contribution in [-0.2, 0) is 6.42 Å². The highest BCUT2D eigenvalue weighted by molar-refractivity contribution is 5.60. The summed E-state index contributed by atoms with van der Waals surface area (Å²) in [7, 11) is 0. The van der Waals surface area contributed by atoms with Gasteiger partial charge >= 0.3 is 0 Å². The molecule has 0 saturated heterocycles. The maximum atomic E-state index is 4.44. The van der Waals surface area contributed by atoms with E-state index in [2.05, 4.69) is 38.8 Å². The van der Waals surface area contributed by atoms with Crippen LogP contribution in [0.5, 0.6) is 0 Å². The van der Waals surface area contributed by atoms with Crippen LogP contribution in [0.2, 0.25) is 0 Å². The Morgan fingerprint density at radius 3 is 2.50 bits per heavy atom. The van der Waals surface area contributed by atoms with E-state index in [-0.39, 0.29) is 0 Å². The predicted molar refractivity (Wildman–Crippen MR) is 88.7 cm³/mol. The monoisotopic (exact) mass is 291 g/mol. The average molecular weight is 291 g/mol. The van der Waals surface area contributed by atoms with E-state index in [1.54, 1.807) is 6.20 Å². The fraction of sp³-hybridized carbons (Fsp3) is 0.118. The van der Waals surface area contributed by atoms with E-state index in [1.807, 2.05) is 48.5 Å². The first-order chi connectivity index (χ1) is 10.8. The van der Waals surface area contributed by atoms with Gasteiger partial charge in [-0.3, -0.25) is 0 Å². The van der Waals surface area contributed by atoms with Crippen molar-refractivity contribution in [2.45, 2.75) is 13.3 Å². The molecular weight excluding hydrogens is 274 g/mol. The van der Waals surface area contributed by atoms with Crippen molar-refractivity contribution in [2.24, 2.45) is 0 Å². The molecule has 1 heterocycles. The van der Waals surface area contributed by atoms with Gasteiger partial charge in [-0.05, 0) is 30.2 Å². The molecule has 5 heteroatoms. The quantitative estimate of drug-likeness (QED) is 0.746. The molecule has 0 radical (unpaired) electrons. The molecule has 0 atom stereocenters. The first kappa shape index (κ1) is 14.0. The van der Waals surface area contributed by atoms with Crippen LogP contribution in [-0.4, -0.2) is 15.2 Å². The van der Waals surface area contributed by atoms with E-state index in [0.717, 1.165) is 17.8 Å². The maximum absolute atomic E-state index is 4.44. The molecule has 0 unspecified atom stereocenters. The molecule has 0 saturated carbocycles. The Morgan fingerprint density at radius 2 is 1.68 bits per heavy atom. The van der Waals surface area contributed by atoms with Gasteiger partial charge in [-0.25, -0.2) is 0 Å². The Bertz CT molecular complexity index is 743. The summed E-state index contributed by atoms with van der Waals surface area (Å²) in [6.07, 6.45) is 2.54. The topological polar surface area (TPSA) is 62.7 Å². The van der Waals surface area contributed by atoms with Gasteiger partial charge in [0.15, 0.2) is 5.82 Å². The number of aryl methyl sites for hydroxylation is 1. The van der Waals surface area contributed by atoms with Crippen molar-refractivity contribution in [1.82, 2.24) is 15.2 Å². The lowest BCUT2D eigenvalue weighted by Gasteiger charge is -2.10. The molecule has 0 spiro atoms. The summed E-state index contributed by atoms with van der Waals surface area (Å²) < 4.78 is 0. The Kier molecular flexibility index (Phi) is 4.25. The smallest absolute Gasteiger partial charge is 0.249 e. The summed E-state index contributed by atoms with van der Waals surface area (Å²) in [5.74, 6) is 1.12. The largest absolute Gasteiger partial charge is 0.339 e. The maximum Gasteiger partial charge on any atom is 0.249 e. The lowest BCUT2D eigenvalue weighted by molar-refractivity contribution is 0.980. The van der Waals surface area contributed by atoms with Crippen molar-refractivity contribution in [2.75, 3.05) is 10.6 Å². The number of benzene rings is 2. The molecular formula is C17H17N5. The van der Waals surface area contributed by atoms with Crippen LogP contribution in [0.1, 0.15) is 12.5 Å². The Labute approximate surface area is 129 Å². The number of rotatable bonds is 5. The summed E-state index contributed by atoms with van der Waals surface area (Å²) >= 11 is 0. The zero-order chi connectivity index (χ0) is 15.2. The molecule has 2 N–H and O–H groups in total. The minimum Gasteiger partial charge on any atom is -0.339 e. The molecule has 0 aliphatic rings. The fourth-order valence-electron chi connectivity index (χ4n) is 2.16. The van der Waals surface area contributed by atoms with Crippen molar-refractivity contribution < 1.29 is 0 Å². The Morgan fingerprint density at radius 1 is 0.909 bits per heavy atom. The molecule has 0 fully saturated rings. The van der Waals surface area contributed by atoms with Crippen molar-refractivity contribution in [3.05, 3.63) is 66.4 Å². The molecule has 3 aromatic rings.